The van der Waals surface area contributed by atoms with E-state index in [-0.39, 0.29) is 18.0 Å². The van der Waals surface area contributed by atoms with Gasteiger partial charge in [-0.1, -0.05) is 13.5 Å². The molecule has 0 fully saturated rings. The van der Waals surface area contributed by atoms with E-state index in [1.54, 1.807) is 0 Å². The smallest absolute Gasteiger partial charge is 0.294 e. The number of nitrogens with one attached hydrogen (secondary N) is 1. The highest BCUT2D eigenvalue weighted by molar-refractivity contribution is 7.92. The summed E-state index contributed by atoms with van der Waals surface area (Å²) in [5.74, 6) is 0. The highest BCUT2D eigenvalue weighted by Gasteiger charge is 2.16. The van der Waals surface area contributed by atoms with E-state index < -0.39 is 25.0 Å². The molecule has 0 bridgehead atoms. The van der Waals surface area contributed by atoms with E-state index in [4.69, 9.17) is 10.3 Å². The van der Waals surface area contributed by atoms with Crippen molar-refractivity contribution in [2.45, 2.75) is 17.2 Å². The molecule has 2 rings (SSSR count). The first-order chi connectivity index (χ1) is 9.68. The Hall–Kier alpha value is -2.10. The fourth-order valence-electron chi connectivity index (χ4n) is 1.58. The van der Waals surface area contributed by atoms with Gasteiger partial charge in [-0.25, -0.2) is 8.42 Å². The first-order valence-electron chi connectivity index (χ1n) is 5.64. The second kappa shape index (κ2) is 6.34. The predicted molar refractivity (Wildman–Crippen MR) is 84.7 cm³/mol. The van der Waals surface area contributed by atoms with Crippen molar-refractivity contribution in [2.24, 2.45) is 0 Å². The van der Waals surface area contributed by atoms with E-state index in [1.807, 2.05) is 0 Å². The number of sulfonamides is 1. The molecule has 0 aromatic heterocycles. The Morgan fingerprint density at radius 3 is 2.05 bits per heavy atom. The molecule has 120 valence electrons. The maximum Gasteiger partial charge on any atom is 0.294 e. The summed E-state index contributed by atoms with van der Waals surface area (Å²) >= 11 is 0. The molecular formula is C13H16N2O5S2. The van der Waals surface area contributed by atoms with Gasteiger partial charge in [-0.2, -0.15) is 8.42 Å². The highest BCUT2D eigenvalue weighted by Crippen LogP contribution is 2.20. The minimum absolute atomic E-state index is 0. The van der Waals surface area contributed by atoms with Crippen LogP contribution in [0.3, 0.4) is 0 Å². The third-order valence-corrected chi connectivity index (χ3v) is 4.82. The zero-order valence-corrected chi connectivity index (χ0v) is 12.2. The Kier molecular flexibility index (Phi) is 5.17. The molecule has 22 heavy (non-hydrogen) atoms. The second-order valence-corrected chi connectivity index (χ2v) is 7.28. The van der Waals surface area contributed by atoms with Gasteiger partial charge in [-0.15, -0.1) is 0 Å². The van der Waals surface area contributed by atoms with Crippen LogP contribution in [0.4, 0.5) is 11.4 Å². The minimum Gasteiger partial charge on any atom is -0.399 e. The lowest BCUT2D eigenvalue weighted by atomic mass is 10.3. The number of rotatable bonds is 4. The summed E-state index contributed by atoms with van der Waals surface area (Å²) in [6.45, 7) is 0. The number of hydrogen-bond acceptors (Lipinski definition) is 5. The molecule has 0 radical (unpaired) electrons. The van der Waals surface area contributed by atoms with E-state index in [2.05, 4.69) is 4.72 Å². The molecule has 7 nitrogen and oxygen atoms in total. The Balaban J connectivity index is 0.00000242. The molecule has 4 N–H and O–H groups in total. The van der Waals surface area contributed by atoms with E-state index in [0.717, 1.165) is 12.1 Å². The molecule has 0 aliphatic carbocycles. The highest BCUT2D eigenvalue weighted by atomic mass is 32.2. The molecule has 0 saturated heterocycles. The van der Waals surface area contributed by atoms with Crippen molar-refractivity contribution in [2.75, 3.05) is 10.5 Å². The van der Waals surface area contributed by atoms with Gasteiger partial charge < -0.3 is 5.73 Å². The van der Waals surface area contributed by atoms with Crippen molar-refractivity contribution in [1.82, 2.24) is 0 Å². The lowest BCUT2D eigenvalue weighted by molar-refractivity contribution is 0.483. The number of hydrogen-bond donors (Lipinski definition) is 3. The molecule has 0 heterocycles. The molecule has 0 amide bonds. The molecule has 2 aromatic carbocycles. The van der Waals surface area contributed by atoms with Crippen LogP contribution in [-0.4, -0.2) is 21.4 Å². The van der Waals surface area contributed by atoms with Gasteiger partial charge in [0.25, 0.3) is 20.1 Å². The fraction of sp³-hybridized carbons (Fsp3) is 0.0769. The number of nitrogens with two attached hydrogens (primary N) is 1. The first-order valence-corrected chi connectivity index (χ1v) is 8.57. The van der Waals surface area contributed by atoms with Crippen LogP contribution in [-0.2, 0) is 20.1 Å². The van der Waals surface area contributed by atoms with Crippen LogP contribution in [0.25, 0.3) is 0 Å². The summed E-state index contributed by atoms with van der Waals surface area (Å²) in [6.07, 6.45) is 0. The third-order valence-electron chi connectivity index (χ3n) is 2.57. The zero-order valence-electron chi connectivity index (χ0n) is 10.6. The van der Waals surface area contributed by atoms with E-state index in [1.165, 1.54) is 36.4 Å². The maximum absolute atomic E-state index is 12.1. The predicted octanol–water partition coefficient (Wildman–Crippen LogP) is 1.95. The third kappa shape index (κ3) is 4.20. The van der Waals surface area contributed by atoms with Gasteiger partial charge in [-0.3, -0.25) is 9.27 Å². The van der Waals surface area contributed by atoms with Crippen LogP contribution in [0.1, 0.15) is 7.43 Å². The van der Waals surface area contributed by atoms with Crippen LogP contribution >= 0.6 is 0 Å². The Morgan fingerprint density at radius 2 is 1.50 bits per heavy atom. The van der Waals surface area contributed by atoms with Crippen molar-refractivity contribution in [3.8, 4) is 0 Å². The molecule has 0 aliphatic rings. The lowest BCUT2D eigenvalue weighted by Crippen LogP contribution is -2.13. The monoisotopic (exact) mass is 344 g/mol. The summed E-state index contributed by atoms with van der Waals surface area (Å²) in [5, 5.41) is 0. The van der Waals surface area contributed by atoms with Gasteiger partial charge in [-0.05, 0) is 42.5 Å². The van der Waals surface area contributed by atoms with E-state index in [9.17, 15) is 16.8 Å². The first kappa shape index (κ1) is 18.0. The molecule has 0 unspecified atom stereocenters. The normalized spacial score (nSPS) is 11.5. The van der Waals surface area contributed by atoms with Crippen molar-refractivity contribution in [3.05, 3.63) is 48.5 Å². The Labute approximate surface area is 129 Å². The van der Waals surface area contributed by atoms with Crippen LogP contribution in [0.5, 0.6) is 0 Å². The minimum atomic E-state index is -4.40. The van der Waals surface area contributed by atoms with Gasteiger partial charge in [0.1, 0.15) is 0 Å². The summed E-state index contributed by atoms with van der Waals surface area (Å²) in [4.78, 5) is -0.422. The number of benzene rings is 2. The molecule has 0 saturated carbocycles. The van der Waals surface area contributed by atoms with Gasteiger partial charge in [0, 0.05) is 5.69 Å². The van der Waals surface area contributed by atoms with Crippen molar-refractivity contribution in [3.63, 3.8) is 0 Å². The average Bonchev–Trinajstić information content (AvgIpc) is 2.38. The fourth-order valence-corrected chi connectivity index (χ4v) is 3.16. The average molecular weight is 344 g/mol. The van der Waals surface area contributed by atoms with Gasteiger partial charge >= 0.3 is 0 Å². The van der Waals surface area contributed by atoms with Crippen molar-refractivity contribution >= 4 is 31.5 Å². The van der Waals surface area contributed by atoms with Gasteiger partial charge in [0.2, 0.25) is 0 Å². The van der Waals surface area contributed by atoms with Crippen LogP contribution < -0.4 is 10.5 Å². The molecule has 0 spiro atoms. The lowest BCUT2D eigenvalue weighted by Gasteiger charge is -2.09. The largest absolute Gasteiger partial charge is 0.399 e. The Bertz CT molecular complexity index is 860. The summed E-state index contributed by atoms with van der Waals surface area (Å²) in [5.41, 5.74) is 5.92. The molecule has 0 aliphatic heterocycles. The molecular weight excluding hydrogens is 328 g/mol. The van der Waals surface area contributed by atoms with Crippen LogP contribution in [0.15, 0.2) is 58.3 Å². The quantitative estimate of drug-likeness (QED) is 0.575. The summed E-state index contributed by atoms with van der Waals surface area (Å²) < 4.78 is 57.4. The maximum atomic E-state index is 12.1. The molecule has 0 atom stereocenters. The van der Waals surface area contributed by atoms with Gasteiger partial charge in [0.05, 0.1) is 15.5 Å². The van der Waals surface area contributed by atoms with Crippen LogP contribution in [0.2, 0.25) is 0 Å². The van der Waals surface area contributed by atoms with Gasteiger partial charge in [0.15, 0.2) is 0 Å². The Morgan fingerprint density at radius 1 is 0.909 bits per heavy atom. The van der Waals surface area contributed by atoms with Crippen LogP contribution in [0, 0.1) is 0 Å². The summed E-state index contributed by atoms with van der Waals surface area (Å²) in [6, 6.07) is 10.4. The topological polar surface area (TPSA) is 127 Å². The standard InChI is InChI=1S/C12H12N2O5S2.CH4/c13-9-4-6-11(7-5-9)20(15,16)14-10-2-1-3-12(8-10)21(17,18)19;/h1-8,14H,13H2,(H,17,18,19);1H4. The molecule has 2 aromatic rings. The van der Waals surface area contributed by atoms with Crippen molar-refractivity contribution in [1.29, 1.82) is 0 Å². The van der Waals surface area contributed by atoms with E-state index >= 15 is 0 Å². The van der Waals surface area contributed by atoms with E-state index in [0.29, 0.717) is 5.69 Å². The zero-order chi connectivity index (χ0) is 15.7. The number of nitrogen functional groups attached to an aromatic ring is 1. The van der Waals surface area contributed by atoms with Crippen molar-refractivity contribution < 1.29 is 21.4 Å². The summed E-state index contributed by atoms with van der Waals surface area (Å²) in [7, 11) is -8.28. The molecule has 9 heteroatoms. The SMILES string of the molecule is C.Nc1ccc(S(=O)(=O)Nc2cccc(S(=O)(=O)O)c2)cc1. The second-order valence-electron chi connectivity index (χ2n) is 4.18. The number of anilines is 2.